The van der Waals surface area contributed by atoms with Crippen molar-refractivity contribution in [3.63, 3.8) is 0 Å². The summed E-state index contributed by atoms with van der Waals surface area (Å²) in [4.78, 5) is 24.5. The molecule has 0 radical (unpaired) electrons. The minimum atomic E-state index is -0.748. The molecule has 0 unspecified atom stereocenters. The van der Waals surface area contributed by atoms with Crippen LogP contribution in [0, 0.1) is 10.1 Å². The highest BCUT2D eigenvalue weighted by Crippen LogP contribution is 2.37. The first-order valence-electron chi connectivity index (χ1n) is 7.28. The van der Waals surface area contributed by atoms with Crippen LogP contribution in [0.4, 0.5) is 11.4 Å². The Morgan fingerprint density at radius 1 is 1.23 bits per heavy atom. The van der Waals surface area contributed by atoms with Crippen molar-refractivity contribution in [3.8, 4) is 11.5 Å². The summed E-state index contributed by atoms with van der Waals surface area (Å²) in [6.07, 6.45) is 1.48. The average Bonchev–Trinajstić information content (AvgIpc) is 2.90. The third-order valence-corrected chi connectivity index (χ3v) is 4.90. The van der Waals surface area contributed by atoms with Crippen LogP contribution in [0.2, 0.25) is 0 Å². The summed E-state index contributed by atoms with van der Waals surface area (Å²) in [5, 5.41) is 22.4. The van der Waals surface area contributed by atoms with Crippen molar-refractivity contribution in [2.75, 3.05) is 12.0 Å². The van der Waals surface area contributed by atoms with Gasteiger partial charge in [0.25, 0.3) is 11.6 Å². The lowest BCUT2D eigenvalue weighted by Gasteiger charge is -2.14. The largest absolute Gasteiger partial charge is 0.868 e. The van der Waals surface area contributed by atoms with Gasteiger partial charge in [0, 0.05) is 6.07 Å². The van der Waals surface area contributed by atoms with Gasteiger partial charge in [0.2, 0.25) is 0 Å². The molecule has 0 aromatic heterocycles. The first-order chi connectivity index (χ1) is 12.4. The maximum atomic E-state index is 12.7. The molecule has 0 bridgehead atoms. The fourth-order valence-electron chi connectivity index (χ4n) is 2.34. The van der Waals surface area contributed by atoms with Crippen molar-refractivity contribution < 1.29 is 19.6 Å². The van der Waals surface area contributed by atoms with E-state index in [1.165, 1.54) is 17.0 Å². The zero-order valence-corrected chi connectivity index (χ0v) is 15.0. The van der Waals surface area contributed by atoms with E-state index < -0.39 is 16.4 Å². The summed E-state index contributed by atoms with van der Waals surface area (Å²) in [6.45, 7) is 0. The molecule has 3 rings (SSSR count). The van der Waals surface area contributed by atoms with Gasteiger partial charge in [0.1, 0.15) is 5.75 Å². The van der Waals surface area contributed by atoms with Gasteiger partial charge in [-0.25, -0.2) is 0 Å². The second kappa shape index (κ2) is 7.14. The molecular weight excluding hydrogens is 376 g/mol. The number of thiocarbonyl (C=S) groups is 1. The van der Waals surface area contributed by atoms with Crippen LogP contribution >= 0.6 is 24.0 Å². The molecule has 1 heterocycles. The Labute approximate surface area is 158 Å². The number of hydrogen-bond donors (Lipinski definition) is 0. The lowest BCUT2D eigenvalue weighted by atomic mass is 10.1. The molecule has 26 heavy (non-hydrogen) atoms. The fourth-order valence-corrected chi connectivity index (χ4v) is 3.64. The van der Waals surface area contributed by atoms with Crippen molar-refractivity contribution in [2.24, 2.45) is 0 Å². The number of rotatable bonds is 4. The Bertz CT molecular complexity index is 941. The molecule has 0 saturated carbocycles. The molecule has 7 nitrogen and oxygen atoms in total. The second-order valence-corrected chi connectivity index (χ2v) is 6.88. The molecular formula is C17H11N2O5S2-. The normalized spacial score (nSPS) is 15.6. The van der Waals surface area contributed by atoms with E-state index in [1.54, 1.807) is 31.4 Å². The first-order valence-corrected chi connectivity index (χ1v) is 8.50. The van der Waals surface area contributed by atoms with Crippen LogP contribution < -0.4 is 14.7 Å². The van der Waals surface area contributed by atoms with Gasteiger partial charge >= 0.3 is 0 Å². The van der Waals surface area contributed by atoms with E-state index >= 15 is 0 Å². The van der Waals surface area contributed by atoms with E-state index in [0.29, 0.717) is 26.2 Å². The van der Waals surface area contributed by atoms with Gasteiger partial charge in [-0.2, -0.15) is 0 Å². The smallest absolute Gasteiger partial charge is 0.270 e. The minimum Gasteiger partial charge on any atom is -0.868 e. The number of benzene rings is 2. The maximum Gasteiger partial charge on any atom is 0.270 e. The quantitative estimate of drug-likeness (QED) is 0.344. The summed E-state index contributed by atoms with van der Waals surface area (Å²) in [5.41, 5.74) is 0.438. The molecule has 2 aromatic carbocycles. The van der Waals surface area contributed by atoms with Gasteiger partial charge in [-0.05, 0) is 41.7 Å². The lowest BCUT2D eigenvalue weighted by molar-refractivity contribution is -0.398. The van der Waals surface area contributed by atoms with Crippen LogP contribution in [0.1, 0.15) is 5.56 Å². The van der Waals surface area contributed by atoms with Crippen LogP contribution in [-0.2, 0) is 4.79 Å². The number of nitro benzene ring substituents is 1. The van der Waals surface area contributed by atoms with Gasteiger partial charge in [0.15, 0.2) is 4.32 Å². The van der Waals surface area contributed by atoms with Crippen molar-refractivity contribution in [2.45, 2.75) is 0 Å². The monoisotopic (exact) mass is 387 g/mol. The third kappa shape index (κ3) is 3.39. The van der Waals surface area contributed by atoms with Gasteiger partial charge in [-0.1, -0.05) is 36.1 Å². The van der Waals surface area contributed by atoms with Crippen LogP contribution in [0.5, 0.6) is 11.5 Å². The number of nitro groups is 1. The average molecular weight is 387 g/mol. The van der Waals surface area contributed by atoms with Crippen LogP contribution in [-0.4, -0.2) is 22.3 Å². The molecule has 0 atom stereocenters. The molecule has 2 aromatic rings. The Balaban J connectivity index is 1.92. The zero-order chi connectivity index (χ0) is 18.8. The molecule has 1 amide bonds. The molecule has 0 aliphatic carbocycles. The SMILES string of the molecule is COc1ccc(N2C(=O)/C(=C/c3ccc([O-])c([N+](=O)[O-])c3)SC2=S)cc1. The highest BCUT2D eigenvalue weighted by atomic mass is 32.2. The van der Waals surface area contributed by atoms with Crippen molar-refractivity contribution in [1.82, 2.24) is 0 Å². The van der Waals surface area contributed by atoms with E-state index in [-0.39, 0.29) is 5.91 Å². The minimum absolute atomic E-state index is 0.318. The van der Waals surface area contributed by atoms with E-state index in [4.69, 9.17) is 17.0 Å². The van der Waals surface area contributed by atoms with Gasteiger partial charge in [-0.15, -0.1) is 0 Å². The van der Waals surface area contributed by atoms with E-state index in [2.05, 4.69) is 0 Å². The molecule has 0 N–H and O–H groups in total. The summed E-state index contributed by atoms with van der Waals surface area (Å²) >= 11 is 6.37. The second-order valence-electron chi connectivity index (χ2n) is 5.20. The molecule has 1 saturated heterocycles. The molecule has 1 fully saturated rings. The number of carbonyl (C=O) groups excluding carboxylic acids is 1. The van der Waals surface area contributed by atoms with Gasteiger partial charge in [0.05, 0.1) is 22.6 Å². The van der Waals surface area contributed by atoms with Crippen LogP contribution in [0.3, 0.4) is 0 Å². The van der Waals surface area contributed by atoms with E-state index in [9.17, 15) is 20.0 Å². The van der Waals surface area contributed by atoms with Crippen molar-refractivity contribution in [3.05, 3.63) is 63.0 Å². The van der Waals surface area contributed by atoms with Crippen molar-refractivity contribution >= 4 is 51.7 Å². The Morgan fingerprint density at radius 2 is 1.92 bits per heavy atom. The number of anilines is 1. The van der Waals surface area contributed by atoms with E-state index in [0.717, 1.165) is 23.9 Å². The summed E-state index contributed by atoms with van der Waals surface area (Å²) in [6, 6.07) is 10.5. The summed E-state index contributed by atoms with van der Waals surface area (Å²) < 4.78 is 5.44. The topological polar surface area (TPSA) is 95.7 Å². The van der Waals surface area contributed by atoms with Crippen LogP contribution in [0.25, 0.3) is 6.08 Å². The number of amides is 1. The highest BCUT2D eigenvalue weighted by molar-refractivity contribution is 8.27. The lowest BCUT2D eigenvalue weighted by Crippen LogP contribution is -2.27. The fraction of sp³-hybridized carbons (Fsp3) is 0.0588. The third-order valence-electron chi connectivity index (χ3n) is 3.60. The number of nitrogens with zero attached hydrogens (tertiary/aromatic N) is 2. The standard InChI is InChI=1S/C17H12N2O5S2/c1-24-12-5-3-11(4-6-12)18-16(21)15(26-17(18)25)9-10-2-7-14(20)13(8-10)19(22)23/h2-9,20H,1H3/p-1/b15-9-. The molecule has 1 aliphatic heterocycles. The van der Waals surface area contributed by atoms with Crippen LogP contribution in [0.15, 0.2) is 47.4 Å². The van der Waals surface area contributed by atoms with Gasteiger partial charge in [-0.3, -0.25) is 19.8 Å². The molecule has 0 spiro atoms. The number of ether oxygens (including phenoxy) is 1. The summed E-state index contributed by atoms with van der Waals surface area (Å²) in [5.74, 6) is -0.364. The number of carbonyl (C=O) groups is 1. The number of methoxy groups -OCH3 is 1. The zero-order valence-electron chi connectivity index (χ0n) is 13.4. The van der Waals surface area contributed by atoms with Gasteiger partial charge < -0.3 is 9.84 Å². The highest BCUT2D eigenvalue weighted by Gasteiger charge is 2.33. The predicted octanol–water partition coefficient (Wildman–Crippen LogP) is 3.08. The number of thioether (sulfide) groups is 1. The first kappa shape index (κ1) is 17.9. The van der Waals surface area contributed by atoms with Crippen molar-refractivity contribution in [1.29, 1.82) is 0 Å². The van der Waals surface area contributed by atoms with E-state index in [1.807, 2.05) is 0 Å². The Morgan fingerprint density at radius 3 is 2.54 bits per heavy atom. The number of hydrogen-bond acceptors (Lipinski definition) is 7. The summed E-state index contributed by atoms with van der Waals surface area (Å²) in [7, 11) is 1.55. The molecule has 132 valence electrons. The Kier molecular flexibility index (Phi) is 4.92. The Hall–Kier alpha value is -2.91. The molecule has 1 aliphatic rings. The maximum absolute atomic E-state index is 12.7. The predicted molar refractivity (Wildman–Crippen MR) is 101 cm³/mol. The molecule has 9 heteroatoms.